The van der Waals surface area contributed by atoms with E-state index >= 15 is 0 Å². The summed E-state index contributed by atoms with van der Waals surface area (Å²) in [6.45, 7) is 18.5. The number of nitrogens with one attached hydrogen (secondary N) is 3. The zero-order valence-corrected chi connectivity index (χ0v) is 28.3. The number of nitrogens with zero attached hydrogens (tertiary/aromatic N) is 2. The molecule has 0 atom stereocenters. The lowest BCUT2D eigenvalue weighted by atomic mass is 9.93. The molecule has 0 saturated heterocycles. The first-order valence-electron chi connectivity index (χ1n) is 15.1. The molecule has 1 aliphatic heterocycles. The number of hydrogen-bond acceptors (Lipinski definition) is 7. The van der Waals surface area contributed by atoms with Crippen molar-refractivity contribution in [2.75, 3.05) is 73.7 Å². The van der Waals surface area contributed by atoms with Crippen molar-refractivity contribution in [3.05, 3.63) is 36.6 Å². The van der Waals surface area contributed by atoms with E-state index in [9.17, 15) is 24.0 Å². The van der Waals surface area contributed by atoms with Crippen LogP contribution >= 0.6 is 0 Å². The molecule has 5 amide bonds. The van der Waals surface area contributed by atoms with Crippen LogP contribution < -0.4 is 16.0 Å². The van der Waals surface area contributed by atoms with Crippen LogP contribution in [0.5, 0.6) is 0 Å². The quantitative estimate of drug-likeness (QED) is 0.0619. The molecule has 44 heavy (non-hydrogen) atoms. The Morgan fingerprint density at radius 1 is 0.841 bits per heavy atom. The van der Waals surface area contributed by atoms with E-state index in [1.165, 1.54) is 12.2 Å². The minimum atomic E-state index is -0.403. The van der Waals surface area contributed by atoms with Gasteiger partial charge in [-0.25, -0.2) is 0 Å². The van der Waals surface area contributed by atoms with Gasteiger partial charge in [0.25, 0.3) is 17.7 Å². The van der Waals surface area contributed by atoms with Crippen molar-refractivity contribution >= 4 is 29.5 Å². The van der Waals surface area contributed by atoms with Crippen molar-refractivity contribution in [3.63, 3.8) is 0 Å². The van der Waals surface area contributed by atoms with E-state index in [-0.39, 0.29) is 54.5 Å². The van der Waals surface area contributed by atoms with E-state index in [0.29, 0.717) is 49.6 Å². The lowest BCUT2D eigenvalue weighted by molar-refractivity contribution is -0.817. The number of ether oxygens (including phenoxy) is 2. The van der Waals surface area contributed by atoms with Gasteiger partial charge in [0.2, 0.25) is 11.8 Å². The average molecular weight is 623 g/mol. The van der Waals surface area contributed by atoms with Gasteiger partial charge in [0.1, 0.15) is 6.20 Å². The van der Waals surface area contributed by atoms with Crippen LogP contribution in [-0.4, -0.2) is 113 Å². The van der Waals surface area contributed by atoms with Crippen LogP contribution in [0.1, 0.15) is 54.4 Å². The Balaban J connectivity index is 0.00000904. The maximum atomic E-state index is 12.5. The lowest BCUT2D eigenvalue weighted by Crippen LogP contribution is -2.39. The van der Waals surface area contributed by atoms with Gasteiger partial charge >= 0.3 is 0 Å². The highest BCUT2D eigenvalue weighted by molar-refractivity contribution is 6.12. The number of quaternary nitrogens is 1. The predicted octanol–water partition coefficient (Wildman–Crippen LogP) is 1.93. The summed E-state index contributed by atoms with van der Waals surface area (Å²) in [6, 6.07) is 0. The first-order valence-corrected chi connectivity index (χ1v) is 15.1. The smallest absolute Gasteiger partial charge is 0.256 e. The molecule has 0 aromatic rings. The van der Waals surface area contributed by atoms with E-state index in [4.69, 9.17) is 9.47 Å². The largest absolute Gasteiger partial charge is 0.380 e. The Kier molecular flexibility index (Phi) is 18.3. The first kappa shape index (κ1) is 40.6. The highest BCUT2D eigenvalue weighted by atomic mass is 16.5. The van der Waals surface area contributed by atoms with Crippen molar-refractivity contribution in [2.24, 2.45) is 10.8 Å². The molecular formula is C32H56N5O7+. The van der Waals surface area contributed by atoms with Gasteiger partial charge in [0.05, 0.1) is 53.1 Å². The number of carbonyl (C=O) groups is 5. The predicted molar refractivity (Wildman–Crippen MR) is 171 cm³/mol. The van der Waals surface area contributed by atoms with Gasteiger partial charge in [0, 0.05) is 62.0 Å². The highest BCUT2D eigenvalue weighted by Gasteiger charge is 2.25. The van der Waals surface area contributed by atoms with Crippen molar-refractivity contribution in [2.45, 2.75) is 54.4 Å². The molecular weight excluding hydrogens is 566 g/mol. The summed E-state index contributed by atoms with van der Waals surface area (Å²) in [5.41, 5.74) is -0.00875. The summed E-state index contributed by atoms with van der Waals surface area (Å²) in [5.74, 6) is -1.58. The molecule has 0 unspecified atom stereocenters. The minimum Gasteiger partial charge on any atom is -0.380 e. The van der Waals surface area contributed by atoms with Crippen LogP contribution in [0.4, 0.5) is 0 Å². The van der Waals surface area contributed by atoms with Crippen molar-refractivity contribution < 1.29 is 37.9 Å². The van der Waals surface area contributed by atoms with E-state index in [2.05, 4.69) is 22.5 Å². The van der Waals surface area contributed by atoms with Gasteiger partial charge in [-0.05, 0) is 0 Å². The molecule has 3 N–H and O–H groups in total. The molecule has 1 rings (SSSR count). The fourth-order valence-corrected chi connectivity index (χ4v) is 3.71. The molecule has 1 aliphatic rings. The Morgan fingerprint density at radius 3 is 1.86 bits per heavy atom. The third kappa shape index (κ3) is 18.3. The van der Waals surface area contributed by atoms with Gasteiger partial charge in [-0.3, -0.25) is 28.9 Å². The second kappa shape index (κ2) is 19.8. The summed E-state index contributed by atoms with van der Waals surface area (Å²) >= 11 is 0. The number of rotatable bonds is 20. The first-order chi connectivity index (χ1) is 20.4. The van der Waals surface area contributed by atoms with Gasteiger partial charge in [0.15, 0.2) is 0 Å². The standard InChI is InChI=1S/C30H49N5O7.C2H6/c1-9-23(18-35(6,7)8)28(40)33-19-29(2,3)20-42-22-30(4,5)21-41-17-15-32-25(37)11-10-24(36)31-14-16-34-26(38)12-13-27(34)39;1-2/h9,12-13,18H,1,10-11,14-17,19-22H2,2-8H3,(H2-,31,32,33,36,37,40);1-2H3/p+1/b23-18+;. The molecule has 0 radical (unpaired) electrons. The van der Waals surface area contributed by atoms with Crippen LogP contribution in [0.2, 0.25) is 0 Å². The molecule has 12 nitrogen and oxygen atoms in total. The maximum Gasteiger partial charge on any atom is 0.256 e. The molecule has 0 spiro atoms. The summed E-state index contributed by atoms with van der Waals surface area (Å²) in [7, 11) is 5.90. The second-order valence-corrected chi connectivity index (χ2v) is 12.8. The van der Waals surface area contributed by atoms with Crippen molar-refractivity contribution in [1.29, 1.82) is 0 Å². The van der Waals surface area contributed by atoms with E-state index in [0.717, 1.165) is 4.90 Å². The second-order valence-electron chi connectivity index (χ2n) is 12.8. The Morgan fingerprint density at radius 2 is 1.34 bits per heavy atom. The zero-order chi connectivity index (χ0) is 34.0. The number of carbonyl (C=O) groups excluding carboxylic acids is 5. The van der Waals surface area contributed by atoms with Crippen LogP contribution in [0, 0.1) is 10.8 Å². The molecule has 0 fully saturated rings. The van der Waals surface area contributed by atoms with Crippen molar-refractivity contribution in [3.8, 4) is 0 Å². The minimum absolute atomic E-state index is 0.000425. The number of hydrogen-bond donors (Lipinski definition) is 3. The van der Waals surface area contributed by atoms with Gasteiger partial charge < -0.3 is 29.9 Å². The summed E-state index contributed by atoms with van der Waals surface area (Å²) in [6.07, 6.45) is 5.79. The van der Waals surface area contributed by atoms with Gasteiger partial charge in [-0.2, -0.15) is 0 Å². The Labute approximate surface area is 263 Å². The van der Waals surface area contributed by atoms with E-state index < -0.39 is 11.8 Å². The normalized spacial score (nSPS) is 13.8. The zero-order valence-electron chi connectivity index (χ0n) is 28.3. The molecule has 0 aliphatic carbocycles. The Bertz CT molecular complexity index is 1020. The van der Waals surface area contributed by atoms with Crippen LogP contribution in [0.15, 0.2) is 36.6 Å². The fraction of sp³-hybridized carbons (Fsp3) is 0.656. The monoisotopic (exact) mass is 622 g/mol. The molecule has 0 bridgehead atoms. The van der Waals surface area contributed by atoms with Crippen molar-refractivity contribution in [1.82, 2.24) is 20.9 Å². The molecule has 0 saturated carbocycles. The number of amides is 5. The SMILES string of the molecule is C=C/C(=C\[N+](C)(C)C)C(=O)NCC(C)(C)COCC(C)(C)COCCNC(=O)CCC(=O)NCCN1C(=O)C=CC1=O.CC. The summed E-state index contributed by atoms with van der Waals surface area (Å²) in [4.78, 5) is 60.4. The third-order valence-electron chi connectivity index (χ3n) is 5.92. The molecule has 250 valence electrons. The molecule has 12 heteroatoms. The lowest BCUT2D eigenvalue weighted by Gasteiger charge is -2.29. The molecule has 1 heterocycles. The summed E-state index contributed by atoms with van der Waals surface area (Å²) in [5, 5.41) is 8.28. The Hall–Kier alpha value is -3.35. The topological polar surface area (TPSA) is 143 Å². The van der Waals surface area contributed by atoms with Crippen LogP contribution in [0.3, 0.4) is 0 Å². The third-order valence-corrected chi connectivity index (χ3v) is 5.92. The molecule has 0 aromatic carbocycles. The van der Waals surface area contributed by atoms with Crippen LogP contribution in [0.25, 0.3) is 0 Å². The maximum absolute atomic E-state index is 12.5. The van der Waals surface area contributed by atoms with E-state index in [1.807, 2.05) is 68.9 Å². The number of imide groups is 1. The van der Waals surface area contributed by atoms with E-state index in [1.54, 1.807) is 6.08 Å². The average Bonchev–Trinajstić information content (AvgIpc) is 3.26. The van der Waals surface area contributed by atoms with Gasteiger partial charge in [-0.1, -0.05) is 54.2 Å². The summed E-state index contributed by atoms with van der Waals surface area (Å²) < 4.78 is 12.2. The highest BCUT2D eigenvalue weighted by Crippen LogP contribution is 2.20. The van der Waals surface area contributed by atoms with Crippen LogP contribution in [-0.2, 0) is 33.4 Å². The fourth-order valence-electron chi connectivity index (χ4n) is 3.71. The molecule has 0 aromatic heterocycles. The van der Waals surface area contributed by atoms with Gasteiger partial charge in [-0.15, -0.1) is 0 Å².